The molecule has 6 heteroatoms. The van der Waals surface area contributed by atoms with Crippen molar-refractivity contribution >= 4 is 22.6 Å². The van der Waals surface area contributed by atoms with Gasteiger partial charge in [0.05, 0.1) is 24.1 Å². The summed E-state index contributed by atoms with van der Waals surface area (Å²) in [4.78, 5) is 15.0. The van der Waals surface area contributed by atoms with Crippen LogP contribution in [0.15, 0.2) is 48.5 Å². The fourth-order valence-electron chi connectivity index (χ4n) is 3.84. The minimum atomic E-state index is 0.0119. The quantitative estimate of drug-likeness (QED) is 0.694. The molecule has 4 rings (SSSR count). The Bertz CT molecular complexity index is 997. The zero-order chi connectivity index (χ0) is 20.4. The Morgan fingerprint density at radius 1 is 1.24 bits per heavy atom. The van der Waals surface area contributed by atoms with Crippen LogP contribution < -0.4 is 10.1 Å². The molecule has 1 N–H and O–H groups in total. The van der Waals surface area contributed by atoms with E-state index in [1.165, 1.54) is 0 Å². The van der Waals surface area contributed by atoms with Crippen LogP contribution >= 0.6 is 0 Å². The number of aromatic nitrogens is 2. The van der Waals surface area contributed by atoms with Gasteiger partial charge >= 0.3 is 0 Å². The van der Waals surface area contributed by atoms with Crippen LogP contribution in [-0.2, 0) is 11.3 Å². The van der Waals surface area contributed by atoms with Gasteiger partial charge in [0.15, 0.2) is 5.82 Å². The fourth-order valence-corrected chi connectivity index (χ4v) is 3.84. The van der Waals surface area contributed by atoms with Crippen molar-refractivity contribution in [3.8, 4) is 5.75 Å². The Morgan fingerprint density at radius 3 is 2.72 bits per heavy atom. The highest BCUT2D eigenvalue weighted by Gasteiger charge is 2.27. The molecule has 2 aromatic carbocycles. The van der Waals surface area contributed by atoms with Gasteiger partial charge in [0.25, 0.3) is 0 Å². The molecular weight excluding hydrogens is 364 g/mol. The van der Waals surface area contributed by atoms with E-state index in [0.717, 1.165) is 41.7 Å². The van der Waals surface area contributed by atoms with Gasteiger partial charge in [-0.3, -0.25) is 9.48 Å². The van der Waals surface area contributed by atoms with Crippen LogP contribution in [-0.4, -0.2) is 46.8 Å². The van der Waals surface area contributed by atoms with Gasteiger partial charge in [0.1, 0.15) is 5.75 Å². The van der Waals surface area contributed by atoms with Gasteiger partial charge in [-0.15, -0.1) is 0 Å². The lowest BCUT2D eigenvalue weighted by Gasteiger charge is -2.11. The number of fused-ring (bicyclic) bond motifs is 1. The Kier molecular flexibility index (Phi) is 5.53. The lowest BCUT2D eigenvalue weighted by Crippen LogP contribution is -2.25. The molecule has 0 spiro atoms. The van der Waals surface area contributed by atoms with Gasteiger partial charge in [0.2, 0.25) is 5.91 Å². The second kappa shape index (κ2) is 8.25. The Morgan fingerprint density at radius 2 is 2.03 bits per heavy atom. The number of benzene rings is 2. The maximum absolute atomic E-state index is 12.8. The molecule has 6 nitrogen and oxygen atoms in total. The lowest BCUT2D eigenvalue weighted by molar-refractivity contribution is -0.119. The number of ether oxygens (including phenoxy) is 1. The van der Waals surface area contributed by atoms with Crippen LogP contribution in [0.1, 0.15) is 25.8 Å². The van der Waals surface area contributed by atoms with Crippen molar-refractivity contribution in [1.82, 2.24) is 14.7 Å². The first-order valence-electron chi connectivity index (χ1n) is 10.2. The predicted molar refractivity (Wildman–Crippen MR) is 115 cm³/mol. The third kappa shape index (κ3) is 4.43. The Balaban J connectivity index is 1.67. The van der Waals surface area contributed by atoms with Crippen molar-refractivity contribution < 1.29 is 9.53 Å². The molecule has 0 aliphatic carbocycles. The summed E-state index contributed by atoms with van der Waals surface area (Å²) in [5, 5.41) is 8.75. The van der Waals surface area contributed by atoms with E-state index in [-0.39, 0.29) is 17.9 Å². The summed E-state index contributed by atoms with van der Waals surface area (Å²) in [6, 6.07) is 16.1. The first-order valence-corrected chi connectivity index (χ1v) is 10.2. The number of rotatable bonds is 6. The summed E-state index contributed by atoms with van der Waals surface area (Å²) in [5.41, 5.74) is 2.10. The largest absolute Gasteiger partial charge is 0.491 e. The maximum atomic E-state index is 12.8. The third-order valence-corrected chi connectivity index (χ3v) is 5.27. The average Bonchev–Trinajstić information content (AvgIpc) is 3.26. The van der Waals surface area contributed by atoms with Crippen molar-refractivity contribution in [1.29, 1.82) is 0 Å². The minimum absolute atomic E-state index is 0.0119. The topological polar surface area (TPSA) is 59.4 Å². The molecule has 152 valence electrons. The Labute approximate surface area is 171 Å². The number of amides is 1. The molecule has 2 heterocycles. The zero-order valence-electron chi connectivity index (χ0n) is 17.3. The SMILES string of the molecule is CC(C)Oc1ccc2c(NC(=O)[C@@H]3CCN(C)C3)nn(Cc3ccccc3)c2c1. The molecule has 0 radical (unpaired) electrons. The van der Waals surface area contributed by atoms with Crippen molar-refractivity contribution in [3.05, 3.63) is 54.1 Å². The van der Waals surface area contributed by atoms with Crippen LogP contribution in [0.3, 0.4) is 0 Å². The van der Waals surface area contributed by atoms with Crippen molar-refractivity contribution in [3.63, 3.8) is 0 Å². The molecule has 1 atom stereocenters. The number of carbonyl (C=O) groups is 1. The summed E-state index contributed by atoms with van der Waals surface area (Å²) in [5.74, 6) is 1.48. The summed E-state index contributed by atoms with van der Waals surface area (Å²) in [6.45, 7) is 6.40. The number of nitrogens with zero attached hydrogens (tertiary/aromatic N) is 3. The van der Waals surface area contributed by atoms with Crippen molar-refractivity contribution in [2.75, 3.05) is 25.5 Å². The number of likely N-dealkylation sites (tertiary alicyclic amines) is 1. The number of carbonyl (C=O) groups excluding carboxylic acids is 1. The van der Waals surface area contributed by atoms with Crippen LogP contribution in [0, 0.1) is 5.92 Å². The van der Waals surface area contributed by atoms with E-state index in [1.807, 2.05) is 62.0 Å². The number of hydrogen-bond acceptors (Lipinski definition) is 4. The fraction of sp³-hybridized carbons (Fsp3) is 0.391. The van der Waals surface area contributed by atoms with Gasteiger partial charge in [-0.2, -0.15) is 5.10 Å². The van der Waals surface area contributed by atoms with Crippen molar-refractivity contribution in [2.45, 2.75) is 32.9 Å². The molecule has 1 aromatic heterocycles. The van der Waals surface area contributed by atoms with Crippen LogP contribution in [0.25, 0.3) is 10.9 Å². The maximum Gasteiger partial charge on any atom is 0.230 e. The molecule has 0 saturated carbocycles. The molecule has 0 unspecified atom stereocenters. The highest BCUT2D eigenvalue weighted by molar-refractivity contribution is 6.01. The standard InChI is InChI=1S/C23H28N4O2/c1-16(2)29-19-9-10-20-21(13-19)27(14-17-7-5-4-6-8-17)25-22(20)24-23(28)18-11-12-26(3)15-18/h4-10,13,16,18H,11-12,14-15H2,1-3H3,(H,24,25,28)/t18-/m1/s1. The van der Waals surface area contributed by atoms with Crippen molar-refractivity contribution in [2.24, 2.45) is 5.92 Å². The summed E-state index contributed by atoms with van der Waals surface area (Å²) < 4.78 is 7.82. The lowest BCUT2D eigenvalue weighted by atomic mass is 10.1. The molecule has 29 heavy (non-hydrogen) atoms. The number of hydrogen-bond donors (Lipinski definition) is 1. The molecule has 3 aromatic rings. The van der Waals surface area contributed by atoms with Gasteiger partial charge in [-0.25, -0.2) is 0 Å². The Hall–Kier alpha value is -2.86. The summed E-state index contributed by atoms with van der Waals surface area (Å²) in [7, 11) is 2.05. The first-order chi connectivity index (χ1) is 14.0. The molecule has 1 aliphatic rings. The summed E-state index contributed by atoms with van der Waals surface area (Å²) >= 11 is 0. The van der Waals surface area contributed by atoms with E-state index >= 15 is 0 Å². The van der Waals surface area contributed by atoms with Crippen LogP contribution in [0.2, 0.25) is 0 Å². The smallest absolute Gasteiger partial charge is 0.230 e. The molecule has 1 fully saturated rings. The average molecular weight is 393 g/mol. The molecule has 1 aliphatic heterocycles. The monoisotopic (exact) mass is 392 g/mol. The summed E-state index contributed by atoms with van der Waals surface area (Å²) in [6.07, 6.45) is 0.980. The van der Waals surface area contributed by atoms with Gasteiger partial charge < -0.3 is 15.0 Å². The van der Waals surface area contributed by atoms with Crippen LogP contribution in [0.5, 0.6) is 5.75 Å². The second-order valence-electron chi connectivity index (χ2n) is 8.07. The van der Waals surface area contributed by atoms with Gasteiger partial charge in [-0.05, 0) is 51.6 Å². The normalized spacial score (nSPS) is 17.2. The number of nitrogens with one attached hydrogen (secondary N) is 1. The molecule has 0 bridgehead atoms. The van der Waals surface area contributed by atoms with Gasteiger partial charge in [0, 0.05) is 18.0 Å². The van der Waals surface area contributed by atoms with E-state index in [4.69, 9.17) is 9.84 Å². The molecule has 1 amide bonds. The number of anilines is 1. The van der Waals surface area contributed by atoms with Crippen LogP contribution in [0.4, 0.5) is 5.82 Å². The highest BCUT2D eigenvalue weighted by atomic mass is 16.5. The zero-order valence-corrected chi connectivity index (χ0v) is 17.3. The van der Waals surface area contributed by atoms with Gasteiger partial charge in [-0.1, -0.05) is 30.3 Å². The van der Waals surface area contributed by atoms with E-state index < -0.39 is 0 Å². The highest BCUT2D eigenvalue weighted by Crippen LogP contribution is 2.29. The van der Waals surface area contributed by atoms with E-state index in [1.54, 1.807) is 0 Å². The second-order valence-corrected chi connectivity index (χ2v) is 8.07. The first kappa shape index (κ1) is 19.5. The molecular formula is C23H28N4O2. The van der Waals surface area contributed by atoms with E-state index in [9.17, 15) is 4.79 Å². The minimum Gasteiger partial charge on any atom is -0.491 e. The van der Waals surface area contributed by atoms with E-state index in [2.05, 4.69) is 22.3 Å². The third-order valence-electron chi connectivity index (χ3n) is 5.27. The van der Waals surface area contributed by atoms with E-state index in [0.29, 0.717) is 12.4 Å². The predicted octanol–water partition coefficient (Wildman–Crippen LogP) is 3.76. The molecule has 1 saturated heterocycles.